The standard InChI is InChI=1S/C28H18N2/c1-2-9-23-21(7-1)22-8-3-4-10-24(22)26-17-19(12-13-25(23)26)28-18-20(14-16-30-28)27-11-5-6-15-29-27/h1-18H. The van der Waals surface area contributed by atoms with Crippen LogP contribution in [0.3, 0.4) is 0 Å². The molecular formula is C28H18N2. The van der Waals surface area contributed by atoms with Crippen LogP contribution in [0, 0.1) is 0 Å². The first-order chi connectivity index (χ1) is 14.9. The number of hydrogen-bond donors (Lipinski definition) is 0. The summed E-state index contributed by atoms with van der Waals surface area (Å²) in [6.07, 6.45) is 3.69. The Labute approximate surface area is 174 Å². The van der Waals surface area contributed by atoms with Gasteiger partial charge in [0.1, 0.15) is 0 Å². The third-order valence-electron chi connectivity index (χ3n) is 5.76. The molecule has 0 saturated carbocycles. The molecule has 4 aromatic carbocycles. The van der Waals surface area contributed by atoms with Crippen molar-refractivity contribution in [1.29, 1.82) is 0 Å². The highest BCUT2D eigenvalue weighted by Gasteiger charge is 2.10. The van der Waals surface area contributed by atoms with Crippen LogP contribution >= 0.6 is 0 Å². The molecule has 0 unspecified atom stereocenters. The number of nitrogens with zero attached hydrogens (tertiary/aromatic N) is 2. The molecule has 2 nitrogen and oxygen atoms in total. The predicted molar refractivity (Wildman–Crippen MR) is 125 cm³/mol. The number of fused-ring (bicyclic) bond motifs is 6. The normalized spacial score (nSPS) is 11.3. The lowest BCUT2D eigenvalue weighted by atomic mass is 9.92. The van der Waals surface area contributed by atoms with E-state index in [9.17, 15) is 0 Å². The van der Waals surface area contributed by atoms with Gasteiger partial charge in [-0.15, -0.1) is 0 Å². The summed E-state index contributed by atoms with van der Waals surface area (Å²) in [7, 11) is 0. The van der Waals surface area contributed by atoms with Crippen molar-refractivity contribution in [1.82, 2.24) is 9.97 Å². The zero-order valence-corrected chi connectivity index (χ0v) is 16.3. The molecule has 0 amide bonds. The van der Waals surface area contributed by atoms with Crippen molar-refractivity contribution in [2.75, 3.05) is 0 Å². The summed E-state index contributed by atoms with van der Waals surface area (Å²) in [6.45, 7) is 0. The van der Waals surface area contributed by atoms with E-state index in [4.69, 9.17) is 0 Å². The van der Waals surface area contributed by atoms with Crippen molar-refractivity contribution < 1.29 is 0 Å². The van der Waals surface area contributed by atoms with Gasteiger partial charge in [0.15, 0.2) is 0 Å². The highest BCUT2D eigenvalue weighted by molar-refractivity contribution is 6.25. The van der Waals surface area contributed by atoms with Gasteiger partial charge in [-0.25, -0.2) is 0 Å². The molecule has 2 heteroatoms. The first-order valence-electron chi connectivity index (χ1n) is 10.1. The van der Waals surface area contributed by atoms with E-state index < -0.39 is 0 Å². The quantitative estimate of drug-likeness (QED) is 0.294. The fourth-order valence-electron chi connectivity index (χ4n) is 4.35. The summed E-state index contributed by atoms with van der Waals surface area (Å²) in [5.41, 5.74) is 4.10. The van der Waals surface area contributed by atoms with Gasteiger partial charge in [0.05, 0.1) is 11.4 Å². The maximum atomic E-state index is 4.66. The van der Waals surface area contributed by atoms with Crippen LogP contribution < -0.4 is 0 Å². The highest BCUT2D eigenvalue weighted by Crippen LogP contribution is 2.37. The molecule has 30 heavy (non-hydrogen) atoms. The van der Waals surface area contributed by atoms with E-state index in [0.29, 0.717) is 0 Å². The van der Waals surface area contributed by atoms with Crippen LogP contribution in [0.4, 0.5) is 0 Å². The fourth-order valence-corrected chi connectivity index (χ4v) is 4.35. The first-order valence-corrected chi connectivity index (χ1v) is 10.1. The predicted octanol–water partition coefficient (Wildman–Crippen LogP) is 7.27. The van der Waals surface area contributed by atoms with E-state index in [1.165, 1.54) is 32.3 Å². The second kappa shape index (κ2) is 6.78. The van der Waals surface area contributed by atoms with Gasteiger partial charge >= 0.3 is 0 Å². The van der Waals surface area contributed by atoms with Gasteiger partial charge in [-0.05, 0) is 62.6 Å². The van der Waals surface area contributed by atoms with Gasteiger partial charge in [-0.3, -0.25) is 9.97 Å². The molecule has 0 spiro atoms. The van der Waals surface area contributed by atoms with Crippen LogP contribution in [0.25, 0.3) is 54.8 Å². The van der Waals surface area contributed by atoms with E-state index in [1.807, 2.05) is 36.7 Å². The maximum absolute atomic E-state index is 4.66. The molecule has 140 valence electrons. The summed E-state index contributed by atoms with van der Waals surface area (Å²) in [5.74, 6) is 0. The number of aromatic nitrogens is 2. The van der Waals surface area contributed by atoms with Crippen LogP contribution in [0.15, 0.2) is 109 Å². The van der Waals surface area contributed by atoms with Crippen LogP contribution in [0.5, 0.6) is 0 Å². The minimum Gasteiger partial charge on any atom is -0.256 e. The van der Waals surface area contributed by atoms with Crippen molar-refractivity contribution in [2.45, 2.75) is 0 Å². The third-order valence-corrected chi connectivity index (χ3v) is 5.76. The van der Waals surface area contributed by atoms with Gasteiger partial charge in [-0.2, -0.15) is 0 Å². The van der Waals surface area contributed by atoms with Crippen LogP contribution in [0.1, 0.15) is 0 Å². The molecule has 0 bridgehead atoms. The smallest absolute Gasteiger partial charge is 0.0708 e. The monoisotopic (exact) mass is 382 g/mol. The van der Waals surface area contributed by atoms with E-state index in [0.717, 1.165) is 22.5 Å². The first kappa shape index (κ1) is 16.9. The Morgan fingerprint density at radius 3 is 1.60 bits per heavy atom. The van der Waals surface area contributed by atoms with Gasteiger partial charge in [0, 0.05) is 23.5 Å². The van der Waals surface area contributed by atoms with Gasteiger partial charge in [0.25, 0.3) is 0 Å². The topological polar surface area (TPSA) is 25.8 Å². The summed E-state index contributed by atoms with van der Waals surface area (Å²) in [4.78, 5) is 9.14. The van der Waals surface area contributed by atoms with E-state index in [-0.39, 0.29) is 0 Å². The van der Waals surface area contributed by atoms with E-state index in [2.05, 4.69) is 82.8 Å². The molecule has 2 heterocycles. The Morgan fingerprint density at radius 2 is 0.933 bits per heavy atom. The minimum atomic E-state index is 0.956. The summed E-state index contributed by atoms with van der Waals surface area (Å²) < 4.78 is 0. The van der Waals surface area contributed by atoms with E-state index in [1.54, 1.807) is 0 Å². The number of hydrogen-bond acceptors (Lipinski definition) is 2. The summed E-state index contributed by atoms with van der Waals surface area (Å²) in [5, 5.41) is 7.67. The number of benzene rings is 4. The van der Waals surface area contributed by atoms with Crippen molar-refractivity contribution in [3.63, 3.8) is 0 Å². The zero-order valence-electron chi connectivity index (χ0n) is 16.3. The molecule has 0 fully saturated rings. The highest BCUT2D eigenvalue weighted by atomic mass is 14.7. The second-order valence-corrected chi connectivity index (χ2v) is 7.50. The molecule has 6 rings (SSSR count). The van der Waals surface area contributed by atoms with Gasteiger partial charge in [0.2, 0.25) is 0 Å². The molecule has 0 atom stereocenters. The summed E-state index contributed by atoms with van der Waals surface area (Å²) >= 11 is 0. The van der Waals surface area contributed by atoms with Crippen LogP contribution in [-0.2, 0) is 0 Å². The Kier molecular flexibility index (Phi) is 3.82. The Hall–Kier alpha value is -4.04. The third kappa shape index (κ3) is 2.66. The Bertz CT molecular complexity index is 1500. The Morgan fingerprint density at radius 1 is 0.367 bits per heavy atom. The zero-order chi connectivity index (χ0) is 19.9. The molecule has 0 saturated heterocycles. The Balaban J connectivity index is 1.61. The van der Waals surface area contributed by atoms with Crippen LogP contribution in [-0.4, -0.2) is 9.97 Å². The largest absolute Gasteiger partial charge is 0.256 e. The van der Waals surface area contributed by atoms with Crippen molar-refractivity contribution in [3.05, 3.63) is 109 Å². The molecule has 0 radical (unpaired) electrons. The van der Waals surface area contributed by atoms with Crippen molar-refractivity contribution >= 4 is 32.3 Å². The lowest BCUT2D eigenvalue weighted by Crippen LogP contribution is -1.88. The average molecular weight is 382 g/mol. The van der Waals surface area contributed by atoms with Gasteiger partial charge in [-0.1, -0.05) is 66.7 Å². The number of rotatable bonds is 2. The molecule has 0 N–H and O–H groups in total. The number of pyridine rings is 2. The lowest BCUT2D eigenvalue weighted by Gasteiger charge is -2.12. The molecule has 2 aromatic heterocycles. The fraction of sp³-hybridized carbons (Fsp3) is 0. The van der Waals surface area contributed by atoms with Crippen molar-refractivity contribution in [2.24, 2.45) is 0 Å². The minimum absolute atomic E-state index is 0.956. The molecule has 0 aliphatic rings. The summed E-state index contributed by atoms with van der Waals surface area (Å²) in [6, 6.07) is 34.1. The molecule has 6 aromatic rings. The molecule has 0 aliphatic carbocycles. The lowest BCUT2D eigenvalue weighted by molar-refractivity contribution is 1.29. The molecule has 0 aliphatic heterocycles. The molecular weight excluding hydrogens is 364 g/mol. The average Bonchev–Trinajstić information content (AvgIpc) is 2.84. The van der Waals surface area contributed by atoms with Crippen molar-refractivity contribution in [3.8, 4) is 22.5 Å². The maximum Gasteiger partial charge on any atom is 0.0708 e. The second-order valence-electron chi connectivity index (χ2n) is 7.50. The SMILES string of the molecule is c1ccc(-c2ccnc(-c3ccc4c5ccccc5c5ccccc5c4c3)c2)nc1. The van der Waals surface area contributed by atoms with E-state index >= 15 is 0 Å². The van der Waals surface area contributed by atoms with Crippen LogP contribution in [0.2, 0.25) is 0 Å². The van der Waals surface area contributed by atoms with Gasteiger partial charge < -0.3 is 0 Å².